The number of anilines is 1. The second-order valence-electron chi connectivity index (χ2n) is 6.30. The first-order valence-corrected chi connectivity index (χ1v) is 8.66. The first-order chi connectivity index (χ1) is 13.6. The summed E-state index contributed by atoms with van der Waals surface area (Å²) in [4.78, 5) is 29.6. The van der Waals surface area contributed by atoms with E-state index in [2.05, 4.69) is 20.6 Å². The Morgan fingerprint density at radius 1 is 1.14 bits per heavy atom. The first-order valence-electron chi connectivity index (χ1n) is 8.66. The normalized spacial score (nSPS) is 12.1. The van der Waals surface area contributed by atoms with Crippen molar-refractivity contribution in [2.24, 2.45) is 0 Å². The van der Waals surface area contributed by atoms with Crippen LogP contribution in [0.3, 0.4) is 0 Å². The highest BCUT2D eigenvalue weighted by Crippen LogP contribution is 2.22. The van der Waals surface area contributed by atoms with Crippen LogP contribution in [0.5, 0.6) is 5.75 Å². The number of ether oxygens (including phenoxy) is 1. The van der Waals surface area contributed by atoms with Crippen molar-refractivity contribution in [3.63, 3.8) is 0 Å². The van der Waals surface area contributed by atoms with E-state index in [1.54, 1.807) is 50.6 Å². The lowest BCUT2D eigenvalue weighted by atomic mass is 10.2. The van der Waals surface area contributed by atoms with Gasteiger partial charge in [-0.2, -0.15) is 4.68 Å². The molecule has 8 heteroatoms. The molecular weight excluding hydrogens is 358 g/mol. The fourth-order valence-corrected chi connectivity index (χ4v) is 2.91. The molecule has 28 heavy (non-hydrogen) atoms. The van der Waals surface area contributed by atoms with Crippen LogP contribution in [0.2, 0.25) is 0 Å². The summed E-state index contributed by atoms with van der Waals surface area (Å²) < 4.78 is 6.26. The Morgan fingerprint density at radius 3 is 2.79 bits per heavy atom. The van der Waals surface area contributed by atoms with Gasteiger partial charge in [-0.1, -0.05) is 17.3 Å². The zero-order chi connectivity index (χ0) is 19.7. The Labute approximate surface area is 159 Å². The molecule has 0 radical (unpaired) electrons. The number of carbonyl (C=O) groups is 1. The molecule has 1 amide bonds. The molecule has 1 atom stereocenters. The van der Waals surface area contributed by atoms with Crippen LogP contribution < -0.4 is 15.6 Å². The number of fused-ring (bicyclic) bond motifs is 2. The van der Waals surface area contributed by atoms with Crippen LogP contribution in [0.15, 0.2) is 59.5 Å². The lowest BCUT2D eigenvalue weighted by molar-refractivity contribution is -0.119. The van der Waals surface area contributed by atoms with Gasteiger partial charge >= 0.3 is 0 Å². The maximum atomic E-state index is 12.7. The Bertz CT molecular complexity index is 1250. The van der Waals surface area contributed by atoms with Gasteiger partial charge in [0.15, 0.2) is 0 Å². The fourth-order valence-electron chi connectivity index (χ4n) is 2.91. The topological polar surface area (TPSA) is 99.0 Å². The number of methoxy groups -OCH3 is 1. The molecule has 4 rings (SSSR count). The standard InChI is InChI=1S/C20H17N5O3/c1-12(25-20(27)16-5-3-4-6-17(16)23-24-25)19(26)22-14-9-13-7-8-15(28-2)10-18(13)21-11-14/h3-12H,1-2H3,(H,22,26)/t12-/m0/s1. The molecule has 8 nitrogen and oxygen atoms in total. The number of hydrogen-bond donors (Lipinski definition) is 1. The predicted molar refractivity (Wildman–Crippen MR) is 105 cm³/mol. The van der Waals surface area contributed by atoms with Gasteiger partial charge in [0.2, 0.25) is 5.91 Å². The third kappa shape index (κ3) is 3.16. The summed E-state index contributed by atoms with van der Waals surface area (Å²) in [6.45, 7) is 1.60. The van der Waals surface area contributed by atoms with Crippen LogP contribution >= 0.6 is 0 Å². The Hall–Kier alpha value is -3.81. The van der Waals surface area contributed by atoms with Gasteiger partial charge in [0.1, 0.15) is 17.3 Å². The number of aromatic nitrogens is 4. The van der Waals surface area contributed by atoms with Gasteiger partial charge in [0, 0.05) is 11.5 Å². The van der Waals surface area contributed by atoms with E-state index in [9.17, 15) is 9.59 Å². The van der Waals surface area contributed by atoms with Crippen molar-refractivity contribution >= 4 is 33.4 Å². The number of hydrogen-bond acceptors (Lipinski definition) is 6. The van der Waals surface area contributed by atoms with Gasteiger partial charge in [-0.15, -0.1) is 5.10 Å². The molecule has 0 saturated carbocycles. The van der Waals surface area contributed by atoms with Crippen molar-refractivity contribution < 1.29 is 9.53 Å². The Balaban J connectivity index is 1.60. The van der Waals surface area contributed by atoms with Crippen molar-refractivity contribution in [3.05, 3.63) is 65.1 Å². The van der Waals surface area contributed by atoms with E-state index in [0.717, 1.165) is 15.6 Å². The van der Waals surface area contributed by atoms with E-state index in [-0.39, 0.29) is 11.5 Å². The van der Waals surface area contributed by atoms with Gasteiger partial charge in [-0.25, -0.2) is 0 Å². The largest absolute Gasteiger partial charge is 0.497 e. The van der Waals surface area contributed by atoms with Gasteiger partial charge in [-0.05, 0) is 37.3 Å². The van der Waals surface area contributed by atoms with E-state index in [0.29, 0.717) is 22.3 Å². The van der Waals surface area contributed by atoms with Crippen molar-refractivity contribution in [2.75, 3.05) is 12.4 Å². The summed E-state index contributed by atoms with van der Waals surface area (Å²) in [6, 6.07) is 13.4. The molecule has 0 aliphatic carbocycles. The summed E-state index contributed by atoms with van der Waals surface area (Å²) in [5.74, 6) is 0.320. The highest BCUT2D eigenvalue weighted by atomic mass is 16.5. The summed E-state index contributed by atoms with van der Waals surface area (Å²) in [6.07, 6.45) is 1.56. The van der Waals surface area contributed by atoms with E-state index < -0.39 is 6.04 Å². The average Bonchev–Trinajstić information content (AvgIpc) is 2.73. The summed E-state index contributed by atoms with van der Waals surface area (Å²) >= 11 is 0. The van der Waals surface area contributed by atoms with E-state index in [4.69, 9.17) is 4.74 Å². The molecule has 140 valence electrons. The third-order valence-corrected chi connectivity index (χ3v) is 4.50. The lowest BCUT2D eigenvalue weighted by Crippen LogP contribution is -2.34. The van der Waals surface area contributed by atoms with Crippen LogP contribution in [-0.2, 0) is 4.79 Å². The Morgan fingerprint density at radius 2 is 1.96 bits per heavy atom. The number of amides is 1. The van der Waals surface area contributed by atoms with Gasteiger partial charge < -0.3 is 10.1 Å². The number of nitrogens with zero attached hydrogens (tertiary/aromatic N) is 4. The summed E-state index contributed by atoms with van der Waals surface area (Å²) in [7, 11) is 1.59. The molecule has 0 unspecified atom stereocenters. The number of rotatable bonds is 4. The van der Waals surface area contributed by atoms with Crippen LogP contribution in [0.25, 0.3) is 21.8 Å². The average molecular weight is 375 g/mol. The fraction of sp³-hybridized carbons (Fsp3) is 0.150. The van der Waals surface area contributed by atoms with Crippen LogP contribution in [0.1, 0.15) is 13.0 Å². The molecule has 1 N–H and O–H groups in total. The zero-order valence-electron chi connectivity index (χ0n) is 15.3. The minimum Gasteiger partial charge on any atom is -0.497 e. The molecule has 0 aliphatic rings. The van der Waals surface area contributed by atoms with Crippen LogP contribution in [0.4, 0.5) is 5.69 Å². The molecule has 4 aromatic rings. The highest BCUT2D eigenvalue weighted by molar-refractivity contribution is 5.95. The monoisotopic (exact) mass is 375 g/mol. The first kappa shape index (κ1) is 17.6. The molecule has 0 fully saturated rings. The molecule has 2 aromatic carbocycles. The number of pyridine rings is 1. The molecular formula is C20H17N5O3. The van der Waals surface area contributed by atoms with Crippen LogP contribution in [-0.4, -0.2) is 33.0 Å². The lowest BCUT2D eigenvalue weighted by Gasteiger charge is -2.14. The summed E-state index contributed by atoms with van der Waals surface area (Å²) in [5.41, 5.74) is 1.40. The van der Waals surface area contributed by atoms with Crippen molar-refractivity contribution in [3.8, 4) is 5.75 Å². The van der Waals surface area contributed by atoms with Gasteiger partial charge in [0.25, 0.3) is 5.56 Å². The second kappa shape index (κ2) is 7.07. The third-order valence-electron chi connectivity index (χ3n) is 4.50. The Kier molecular flexibility index (Phi) is 4.44. The number of carbonyl (C=O) groups excluding carboxylic acids is 1. The quantitative estimate of drug-likeness (QED) is 0.588. The van der Waals surface area contributed by atoms with Crippen LogP contribution in [0, 0.1) is 0 Å². The highest BCUT2D eigenvalue weighted by Gasteiger charge is 2.19. The molecule has 2 aromatic heterocycles. The van der Waals surface area contributed by atoms with E-state index in [1.807, 2.05) is 18.2 Å². The van der Waals surface area contributed by atoms with E-state index >= 15 is 0 Å². The molecule has 0 bridgehead atoms. The summed E-state index contributed by atoms with van der Waals surface area (Å²) in [5, 5.41) is 12.0. The smallest absolute Gasteiger partial charge is 0.278 e. The van der Waals surface area contributed by atoms with Crippen molar-refractivity contribution in [2.45, 2.75) is 13.0 Å². The second-order valence-corrected chi connectivity index (χ2v) is 6.30. The SMILES string of the molecule is COc1ccc2cc(NC(=O)[C@H](C)n3nnc4ccccc4c3=O)cnc2c1. The maximum Gasteiger partial charge on any atom is 0.278 e. The number of nitrogens with one attached hydrogen (secondary N) is 1. The van der Waals surface area contributed by atoms with Crippen molar-refractivity contribution in [1.82, 2.24) is 20.0 Å². The molecule has 2 heterocycles. The van der Waals surface area contributed by atoms with E-state index in [1.165, 1.54) is 0 Å². The maximum absolute atomic E-state index is 12.7. The predicted octanol–water partition coefficient (Wildman–Crippen LogP) is 2.55. The molecule has 0 aliphatic heterocycles. The van der Waals surface area contributed by atoms with Gasteiger partial charge in [-0.3, -0.25) is 14.6 Å². The zero-order valence-corrected chi connectivity index (χ0v) is 15.3. The molecule has 0 saturated heterocycles. The van der Waals surface area contributed by atoms with Gasteiger partial charge in [0.05, 0.1) is 29.9 Å². The van der Waals surface area contributed by atoms with Crippen molar-refractivity contribution in [1.29, 1.82) is 0 Å². The minimum atomic E-state index is -0.837. The number of benzene rings is 2. The molecule has 0 spiro atoms. The minimum absolute atomic E-state index is 0.364.